The predicted octanol–water partition coefficient (Wildman–Crippen LogP) is 8.16. The number of carbonyl (C=O) groups is 1. The number of hydrogen-bond acceptors (Lipinski definition) is 3. The van der Waals surface area contributed by atoms with E-state index in [2.05, 4.69) is 60.5 Å². The van der Waals surface area contributed by atoms with Crippen LogP contribution in [0.3, 0.4) is 0 Å². The highest BCUT2D eigenvalue weighted by molar-refractivity contribution is 5.84. The third-order valence-electron chi connectivity index (χ3n) is 13.8. The second-order valence-electron chi connectivity index (χ2n) is 15.9. The van der Waals surface area contributed by atoms with Gasteiger partial charge in [-0.15, -0.1) is 0 Å². The van der Waals surface area contributed by atoms with Gasteiger partial charge in [-0.3, -0.25) is 4.79 Å². The molecule has 35 heavy (non-hydrogen) atoms. The molecule has 4 saturated carbocycles. The summed E-state index contributed by atoms with van der Waals surface area (Å²) in [6.45, 7) is 19.8. The third-order valence-corrected chi connectivity index (χ3v) is 13.8. The van der Waals surface area contributed by atoms with E-state index in [1.807, 2.05) is 6.20 Å². The largest absolute Gasteiger partial charge is 0.361 e. The van der Waals surface area contributed by atoms with E-state index in [0.717, 1.165) is 18.6 Å². The lowest BCUT2D eigenvalue weighted by atomic mass is 9.31. The van der Waals surface area contributed by atoms with Gasteiger partial charge in [0.2, 0.25) is 0 Å². The fourth-order valence-corrected chi connectivity index (χ4v) is 11.7. The molecule has 3 nitrogen and oxygen atoms in total. The number of aromatic nitrogens is 1. The maximum absolute atomic E-state index is 14.5. The van der Waals surface area contributed by atoms with Crippen LogP contribution >= 0.6 is 0 Å². The lowest BCUT2D eigenvalue weighted by Crippen LogP contribution is -2.69. The van der Waals surface area contributed by atoms with Crippen LogP contribution in [0.1, 0.15) is 125 Å². The number of hydrogen-bond donors (Lipinski definition) is 0. The Hall–Kier alpha value is -1.12. The fourth-order valence-electron chi connectivity index (χ4n) is 11.7. The summed E-state index contributed by atoms with van der Waals surface area (Å²) < 4.78 is 5.84. The molecule has 0 amide bonds. The van der Waals surface area contributed by atoms with E-state index in [9.17, 15) is 4.79 Å². The monoisotopic (exact) mass is 479 g/mol. The SMILES string of the molecule is CC[C@]12CCC(C)(C)C[C@H]1[C@H]1C(=O)CC3[C@@]4(C)Cc5cnoc5C(C)(C)[C@@H]4CC[C@@]3(C)[C@]1(C)CC2. The molecule has 0 N–H and O–H groups in total. The van der Waals surface area contributed by atoms with Crippen LogP contribution in [0.4, 0.5) is 0 Å². The molecule has 5 aliphatic carbocycles. The smallest absolute Gasteiger partial charge is 0.145 e. The standard InChI is InChI=1S/C32H49NO2/c1-9-32-14-12-27(2,3)18-21(32)25-22(34)16-24-29(6)17-20-19-33-35-26(20)28(4,5)23(29)10-11-30(24,7)31(25,8)13-15-32/h19,21,23-25H,9-18H2,1-8H3/t21-,23-,24?,25-,29-,30+,31+,32+/m0/s1. The normalized spacial score (nSPS) is 49.8. The second kappa shape index (κ2) is 7.04. The van der Waals surface area contributed by atoms with E-state index in [-0.39, 0.29) is 27.6 Å². The molecule has 0 aliphatic heterocycles. The van der Waals surface area contributed by atoms with Crippen LogP contribution in [-0.4, -0.2) is 10.9 Å². The van der Waals surface area contributed by atoms with Crippen LogP contribution in [-0.2, 0) is 16.6 Å². The van der Waals surface area contributed by atoms with Gasteiger partial charge in [0.1, 0.15) is 11.5 Å². The van der Waals surface area contributed by atoms with Crippen LogP contribution in [0.2, 0.25) is 0 Å². The molecular weight excluding hydrogens is 430 g/mol. The summed E-state index contributed by atoms with van der Waals surface area (Å²) in [7, 11) is 0. The molecule has 4 fully saturated rings. The molecule has 5 aliphatic rings. The van der Waals surface area contributed by atoms with E-state index >= 15 is 0 Å². The van der Waals surface area contributed by atoms with Gasteiger partial charge in [-0.25, -0.2) is 0 Å². The van der Waals surface area contributed by atoms with E-state index in [0.29, 0.717) is 34.4 Å². The van der Waals surface area contributed by atoms with Crippen molar-refractivity contribution in [2.75, 3.05) is 0 Å². The van der Waals surface area contributed by atoms with Gasteiger partial charge in [0.05, 0.1) is 6.20 Å². The highest BCUT2D eigenvalue weighted by Crippen LogP contribution is 2.76. The predicted molar refractivity (Wildman–Crippen MR) is 140 cm³/mol. The van der Waals surface area contributed by atoms with Crippen LogP contribution in [0, 0.1) is 50.7 Å². The van der Waals surface area contributed by atoms with Crippen molar-refractivity contribution in [2.24, 2.45) is 50.7 Å². The number of fused-ring (bicyclic) bond motifs is 8. The molecule has 1 aromatic rings. The number of Topliss-reactive ketones (excluding diaryl/α,β-unsaturated/α-hetero) is 1. The molecule has 0 saturated heterocycles. The van der Waals surface area contributed by atoms with Gasteiger partial charge in [-0.05, 0) is 96.2 Å². The minimum atomic E-state index is -0.0295. The van der Waals surface area contributed by atoms with Crippen molar-refractivity contribution in [2.45, 2.75) is 125 Å². The molecule has 0 bridgehead atoms. The molecule has 8 atom stereocenters. The van der Waals surface area contributed by atoms with Crippen LogP contribution in [0.15, 0.2) is 10.7 Å². The van der Waals surface area contributed by atoms with Crippen molar-refractivity contribution in [1.82, 2.24) is 5.16 Å². The Labute approximate surface area is 213 Å². The van der Waals surface area contributed by atoms with Gasteiger partial charge < -0.3 is 4.52 Å². The zero-order chi connectivity index (χ0) is 25.2. The Morgan fingerprint density at radius 3 is 2.37 bits per heavy atom. The Kier molecular flexibility index (Phi) is 4.88. The molecular formula is C32H49NO2. The molecule has 1 heterocycles. The van der Waals surface area contributed by atoms with Gasteiger partial charge in [0.25, 0.3) is 0 Å². The van der Waals surface area contributed by atoms with E-state index in [1.165, 1.54) is 56.9 Å². The van der Waals surface area contributed by atoms with E-state index in [4.69, 9.17) is 4.52 Å². The Morgan fingerprint density at radius 2 is 1.66 bits per heavy atom. The van der Waals surface area contributed by atoms with E-state index < -0.39 is 0 Å². The zero-order valence-electron chi connectivity index (χ0n) is 23.7. The topological polar surface area (TPSA) is 43.1 Å². The summed E-state index contributed by atoms with van der Waals surface area (Å²) in [6.07, 6.45) is 14.0. The molecule has 6 rings (SSSR count). The van der Waals surface area contributed by atoms with Crippen molar-refractivity contribution >= 4 is 5.78 Å². The van der Waals surface area contributed by atoms with Crippen LogP contribution < -0.4 is 0 Å². The molecule has 194 valence electrons. The second-order valence-corrected chi connectivity index (χ2v) is 15.9. The summed E-state index contributed by atoms with van der Waals surface area (Å²) in [5.41, 5.74) is 2.45. The Morgan fingerprint density at radius 1 is 0.943 bits per heavy atom. The number of nitrogens with zero attached hydrogens (tertiary/aromatic N) is 1. The number of carbonyl (C=O) groups excluding carboxylic acids is 1. The third kappa shape index (κ3) is 2.85. The van der Waals surface area contributed by atoms with Gasteiger partial charge in [0.15, 0.2) is 0 Å². The molecule has 1 aromatic heterocycles. The van der Waals surface area contributed by atoms with Crippen molar-refractivity contribution in [3.63, 3.8) is 0 Å². The minimum Gasteiger partial charge on any atom is -0.361 e. The average molecular weight is 480 g/mol. The summed E-state index contributed by atoms with van der Waals surface area (Å²) >= 11 is 0. The van der Waals surface area contributed by atoms with Crippen LogP contribution in [0.25, 0.3) is 0 Å². The van der Waals surface area contributed by atoms with Gasteiger partial charge >= 0.3 is 0 Å². The minimum absolute atomic E-state index is 0.0295. The fraction of sp³-hybridized carbons (Fsp3) is 0.875. The summed E-state index contributed by atoms with van der Waals surface area (Å²) in [6, 6.07) is 0. The molecule has 0 radical (unpaired) electrons. The molecule has 3 heteroatoms. The van der Waals surface area contributed by atoms with Crippen molar-refractivity contribution in [3.8, 4) is 0 Å². The van der Waals surface area contributed by atoms with Gasteiger partial charge in [-0.2, -0.15) is 0 Å². The molecule has 0 spiro atoms. The maximum atomic E-state index is 14.5. The van der Waals surface area contributed by atoms with E-state index in [1.54, 1.807) is 0 Å². The maximum Gasteiger partial charge on any atom is 0.145 e. The first-order valence-electron chi connectivity index (χ1n) is 14.7. The number of rotatable bonds is 1. The van der Waals surface area contributed by atoms with Crippen molar-refractivity contribution in [1.29, 1.82) is 0 Å². The Bertz CT molecular complexity index is 1050. The zero-order valence-corrected chi connectivity index (χ0v) is 23.7. The quantitative estimate of drug-likeness (QED) is 0.408. The highest BCUT2D eigenvalue weighted by Gasteiger charge is 2.72. The summed E-state index contributed by atoms with van der Waals surface area (Å²) in [4.78, 5) is 14.5. The summed E-state index contributed by atoms with van der Waals surface area (Å²) in [5.74, 6) is 3.51. The van der Waals surface area contributed by atoms with Crippen molar-refractivity contribution in [3.05, 3.63) is 17.5 Å². The number of ketones is 1. The lowest BCUT2D eigenvalue weighted by Gasteiger charge is -2.72. The first-order valence-corrected chi connectivity index (χ1v) is 14.7. The Balaban J connectivity index is 1.45. The molecule has 1 unspecified atom stereocenters. The lowest BCUT2D eigenvalue weighted by molar-refractivity contribution is -0.229. The highest BCUT2D eigenvalue weighted by atomic mass is 16.5. The van der Waals surface area contributed by atoms with Crippen molar-refractivity contribution < 1.29 is 9.32 Å². The average Bonchev–Trinajstić information content (AvgIpc) is 3.24. The summed E-state index contributed by atoms with van der Waals surface area (Å²) in [5, 5.41) is 4.24. The van der Waals surface area contributed by atoms with Crippen LogP contribution in [0.5, 0.6) is 0 Å². The first kappa shape index (κ1) is 24.2. The van der Waals surface area contributed by atoms with Gasteiger partial charge in [-0.1, -0.05) is 67.0 Å². The first-order chi connectivity index (χ1) is 16.2. The molecule has 0 aromatic carbocycles. The van der Waals surface area contributed by atoms with Gasteiger partial charge in [0, 0.05) is 23.3 Å².